The molecule has 0 radical (unpaired) electrons. The largest absolute Gasteiger partial charge is 0.460 e. The van der Waals surface area contributed by atoms with Crippen LogP contribution in [0, 0.1) is 0 Å². The van der Waals surface area contributed by atoms with Gasteiger partial charge in [0.25, 0.3) is 0 Å². The molecule has 0 spiro atoms. The van der Waals surface area contributed by atoms with Gasteiger partial charge in [-0.15, -0.1) is 0 Å². The number of urea groups is 1. The highest BCUT2D eigenvalue weighted by Crippen LogP contribution is 2.33. The molecule has 7 heteroatoms. The third-order valence-electron chi connectivity index (χ3n) is 4.70. The van der Waals surface area contributed by atoms with Crippen molar-refractivity contribution in [2.24, 2.45) is 0 Å². The summed E-state index contributed by atoms with van der Waals surface area (Å²) in [7, 11) is 1.54. The Morgan fingerprint density at radius 3 is 2.59 bits per heavy atom. The maximum atomic E-state index is 12.9. The minimum Gasteiger partial charge on any atom is -0.460 e. The summed E-state index contributed by atoms with van der Waals surface area (Å²) in [4.78, 5) is 27.3. The van der Waals surface area contributed by atoms with Crippen LogP contribution in [0.4, 0.5) is 4.79 Å². The van der Waals surface area contributed by atoms with E-state index in [2.05, 4.69) is 5.32 Å². The van der Waals surface area contributed by atoms with E-state index in [1.54, 1.807) is 30.0 Å². The molecule has 1 unspecified atom stereocenters. The molecule has 2 aromatic carbocycles. The predicted octanol–water partition coefficient (Wildman–Crippen LogP) is 4.07. The Hall–Kier alpha value is -2.83. The molecule has 2 aromatic rings. The Balaban J connectivity index is 1.98. The van der Waals surface area contributed by atoms with Crippen molar-refractivity contribution in [3.8, 4) is 0 Å². The highest BCUT2D eigenvalue weighted by atomic mass is 35.5. The first kappa shape index (κ1) is 20.9. The van der Waals surface area contributed by atoms with E-state index in [1.807, 2.05) is 36.4 Å². The van der Waals surface area contributed by atoms with Gasteiger partial charge in [-0.2, -0.15) is 0 Å². The maximum Gasteiger partial charge on any atom is 0.338 e. The Labute approximate surface area is 175 Å². The average Bonchev–Trinajstić information content (AvgIpc) is 2.71. The summed E-state index contributed by atoms with van der Waals surface area (Å²) in [6.07, 6.45) is 0. The second-order valence-electron chi connectivity index (χ2n) is 6.64. The van der Waals surface area contributed by atoms with Crippen LogP contribution in [-0.2, 0) is 20.8 Å². The lowest BCUT2D eigenvalue weighted by Gasteiger charge is -2.35. The molecule has 0 aliphatic carbocycles. The fraction of sp³-hybridized carbons (Fsp3) is 0.273. The second-order valence-corrected chi connectivity index (χ2v) is 7.07. The smallest absolute Gasteiger partial charge is 0.338 e. The summed E-state index contributed by atoms with van der Waals surface area (Å²) in [6.45, 7) is 2.52. The van der Waals surface area contributed by atoms with Gasteiger partial charge >= 0.3 is 12.0 Å². The summed E-state index contributed by atoms with van der Waals surface area (Å²) in [5, 5.41) is 3.44. The number of nitrogens with zero attached hydrogens (tertiary/aromatic N) is 1. The Morgan fingerprint density at radius 1 is 1.14 bits per heavy atom. The molecule has 1 aliphatic rings. The number of halogens is 1. The van der Waals surface area contributed by atoms with Gasteiger partial charge < -0.3 is 14.8 Å². The zero-order chi connectivity index (χ0) is 20.8. The quantitative estimate of drug-likeness (QED) is 0.547. The predicted molar refractivity (Wildman–Crippen MR) is 110 cm³/mol. The van der Waals surface area contributed by atoms with Gasteiger partial charge in [-0.3, -0.25) is 4.90 Å². The van der Waals surface area contributed by atoms with E-state index in [9.17, 15) is 9.59 Å². The van der Waals surface area contributed by atoms with Crippen LogP contribution in [-0.4, -0.2) is 37.2 Å². The molecule has 29 heavy (non-hydrogen) atoms. The fourth-order valence-corrected chi connectivity index (χ4v) is 3.43. The van der Waals surface area contributed by atoms with Crippen LogP contribution in [0.15, 0.2) is 65.9 Å². The van der Waals surface area contributed by atoms with Crippen LogP contribution < -0.4 is 5.32 Å². The third kappa shape index (κ3) is 4.96. The number of ether oxygens (including phenoxy) is 2. The van der Waals surface area contributed by atoms with Gasteiger partial charge in [0.1, 0.15) is 6.61 Å². The Kier molecular flexibility index (Phi) is 6.90. The van der Waals surface area contributed by atoms with E-state index < -0.39 is 12.0 Å². The van der Waals surface area contributed by atoms with Crippen molar-refractivity contribution >= 4 is 23.6 Å². The minimum absolute atomic E-state index is 0.126. The first-order chi connectivity index (χ1) is 14.0. The number of allylic oxidation sites excluding steroid dienone is 1. The molecule has 1 aliphatic heterocycles. The molecule has 0 saturated heterocycles. The highest BCUT2D eigenvalue weighted by molar-refractivity contribution is 6.30. The van der Waals surface area contributed by atoms with Gasteiger partial charge in [0.05, 0.1) is 24.8 Å². The molecule has 152 valence electrons. The van der Waals surface area contributed by atoms with E-state index in [4.69, 9.17) is 21.1 Å². The van der Waals surface area contributed by atoms with Gasteiger partial charge in [-0.1, -0.05) is 54.1 Å². The van der Waals surface area contributed by atoms with Crippen molar-refractivity contribution in [1.29, 1.82) is 0 Å². The fourth-order valence-electron chi connectivity index (χ4n) is 3.23. The molecular formula is C22H23ClN2O4. The SMILES string of the molecule is COCCOC(=O)C1=C(C)N(Cc2ccccc2)C(=O)NC1c1cccc(Cl)c1. The summed E-state index contributed by atoms with van der Waals surface area (Å²) in [5.41, 5.74) is 2.59. The zero-order valence-electron chi connectivity index (χ0n) is 16.4. The standard InChI is InChI=1S/C22H23ClN2O4/c1-15-19(21(26)29-12-11-28-2)20(17-9-6-10-18(23)13-17)24-22(27)25(15)14-16-7-4-3-5-8-16/h3-10,13,20H,11-12,14H2,1-2H3,(H,24,27). The number of amides is 2. The molecule has 0 fully saturated rings. The molecule has 0 bridgehead atoms. The van der Waals surface area contributed by atoms with E-state index in [1.165, 1.54) is 7.11 Å². The lowest BCUT2D eigenvalue weighted by atomic mass is 9.94. The molecule has 2 amide bonds. The molecule has 0 saturated carbocycles. The van der Waals surface area contributed by atoms with Crippen LogP contribution in [0.2, 0.25) is 5.02 Å². The van der Waals surface area contributed by atoms with Crippen molar-refractivity contribution in [2.45, 2.75) is 19.5 Å². The van der Waals surface area contributed by atoms with Gasteiger partial charge in [0.2, 0.25) is 0 Å². The van der Waals surface area contributed by atoms with Crippen LogP contribution in [0.5, 0.6) is 0 Å². The van der Waals surface area contributed by atoms with Crippen LogP contribution in [0.25, 0.3) is 0 Å². The van der Waals surface area contributed by atoms with Crippen molar-refractivity contribution in [1.82, 2.24) is 10.2 Å². The topological polar surface area (TPSA) is 67.9 Å². The molecule has 6 nitrogen and oxygen atoms in total. The van der Waals surface area contributed by atoms with E-state index >= 15 is 0 Å². The molecular weight excluding hydrogens is 392 g/mol. The number of benzene rings is 2. The number of nitrogens with one attached hydrogen (secondary N) is 1. The Morgan fingerprint density at radius 2 is 1.90 bits per heavy atom. The van der Waals surface area contributed by atoms with E-state index in [-0.39, 0.29) is 12.6 Å². The van der Waals surface area contributed by atoms with Gasteiger partial charge in [-0.25, -0.2) is 9.59 Å². The van der Waals surface area contributed by atoms with Crippen LogP contribution in [0.1, 0.15) is 24.1 Å². The number of hydrogen-bond acceptors (Lipinski definition) is 4. The van der Waals surface area contributed by atoms with Crippen LogP contribution >= 0.6 is 11.6 Å². The highest BCUT2D eigenvalue weighted by Gasteiger charge is 2.36. The van der Waals surface area contributed by atoms with Gasteiger partial charge in [0, 0.05) is 17.8 Å². The summed E-state index contributed by atoms with van der Waals surface area (Å²) >= 11 is 6.13. The van der Waals surface area contributed by atoms with Crippen molar-refractivity contribution < 1.29 is 19.1 Å². The number of esters is 1. The van der Waals surface area contributed by atoms with Gasteiger partial charge in [-0.05, 0) is 30.2 Å². The van der Waals surface area contributed by atoms with Crippen molar-refractivity contribution in [3.63, 3.8) is 0 Å². The normalized spacial score (nSPS) is 16.6. The average molecular weight is 415 g/mol. The lowest BCUT2D eigenvalue weighted by molar-refractivity contribution is -0.140. The molecule has 1 heterocycles. The zero-order valence-corrected chi connectivity index (χ0v) is 17.1. The second kappa shape index (κ2) is 9.58. The monoisotopic (exact) mass is 414 g/mol. The summed E-state index contributed by atoms with van der Waals surface area (Å²) in [5.74, 6) is -0.498. The number of methoxy groups -OCH3 is 1. The first-order valence-electron chi connectivity index (χ1n) is 9.25. The lowest BCUT2D eigenvalue weighted by Crippen LogP contribution is -2.47. The van der Waals surface area contributed by atoms with E-state index in [0.29, 0.717) is 35.0 Å². The molecule has 3 rings (SSSR count). The van der Waals surface area contributed by atoms with Gasteiger partial charge in [0.15, 0.2) is 0 Å². The summed E-state index contributed by atoms with van der Waals surface area (Å²) in [6, 6.07) is 15.7. The van der Waals surface area contributed by atoms with Crippen LogP contribution in [0.3, 0.4) is 0 Å². The first-order valence-corrected chi connectivity index (χ1v) is 9.63. The molecule has 0 aromatic heterocycles. The van der Waals surface area contributed by atoms with E-state index in [0.717, 1.165) is 5.56 Å². The third-order valence-corrected chi connectivity index (χ3v) is 4.94. The summed E-state index contributed by atoms with van der Waals surface area (Å²) < 4.78 is 10.3. The van der Waals surface area contributed by atoms with Crippen molar-refractivity contribution in [3.05, 3.63) is 82.0 Å². The molecule has 1 atom stereocenters. The number of carbonyl (C=O) groups is 2. The Bertz CT molecular complexity index is 914. The minimum atomic E-state index is -0.650. The number of rotatable bonds is 7. The van der Waals surface area contributed by atoms with Crippen molar-refractivity contribution in [2.75, 3.05) is 20.3 Å². The number of hydrogen-bond donors (Lipinski definition) is 1. The maximum absolute atomic E-state index is 12.9. The molecule has 1 N–H and O–H groups in total. The number of carbonyl (C=O) groups excluding carboxylic acids is 2.